The highest BCUT2D eigenvalue weighted by Gasteiger charge is 2.28. The molecule has 12 heteroatoms. The van der Waals surface area contributed by atoms with Crippen molar-refractivity contribution in [2.75, 3.05) is 26.4 Å². The van der Waals surface area contributed by atoms with Gasteiger partial charge in [-0.15, -0.1) is 0 Å². The Morgan fingerprint density at radius 3 is 0.951 bits per heavy atom. The fourth-order valence-corrected chi connectivity index (χ4v) is 10.3. The summed E-state index contributed by atoms with van der Waals surface area (Å²) in [6, 6.07) is 0. The lowest BCUT2D eigenvalue weighted by atomic mass is 10.0. The normalized spacial score (nSPS) is 13.7. The van der Waals surface area contributed by atoms with Crippen molar-refractivity contribution >= 4 is 25.7 Å². The second kappa shape index (κ2) is 63.9. The largest absolute Gasteiger partial charge is 0.472 e. The zero-order chi connectivity index (χ0) is 59.8. The summed E-state index contributed by atoms with van der Waals surface area (Å²) in [6.45, 7) is 4.52. The number of ether oxygens (including phenoxy) is 3. The van der Waals surface area contributed by atoms with E-state index in [4.69, 9.17) is 23.3 Å². The van der Waals surface area contributed by atoms with Crippen LogP contribution in [0.3, 0.4) is 0 Å². The number of phosphoric acid groups is 1. The number of esters is 3. The van der Waals surface area contributed by atoms with Gasteiger partial charge >= 0.3 is 25.7 Å². The Morgan fingerprint density at radius 1 is 0.354 bits per heavy atom. The molecule has 0 aromatic heterocycles. The predicted molar refractivity (Wildman–Crippen MR) is 344 cm³/mol. The zero-order valence-electron chi connectivity index (χ0n) is 53.0. The maximum Gasteiger partial charge on any atom is 0.472 e. The average molecular weight is 1170 g/mol. The van der Waals surface area contributed by atoms with Gasteiger partial charge in [-0.2, -0.15) is 0 Å². The van der Waals surface area contributed by atoms with Crippen LogP contribution in [0.4, 0.5) is 0 Å². The molecule has 0 bridgehead atoms. The molecule has 0 rings (SSSR count). The van der Waals surface area contributed by atoms with Gasteiger partial charge in [0.25, 0.3) is 0 Å². The van der Waals surface area contributed by atoms with Crippen LogP contribution in [0.2, 0.25) is 0 Å². The first-order chi connectivity index (χ1) is 40.2. The van der Waals surface area contributed by atoms with Crippen LogP contribution < -0.4 is 0 Å². The van der Waals surface area contributed by atoms with E-state index in [1.54, 1.807) is 0 Å². The first kappa shape index (κ1) is 78.9. The monoisotopic (exact) mass is 1170 g/mol. The van der Waals surface area contributed by atoms with Gasteiger partial charge < -0.3 is 24.2 Å². The minimum atomic E-state index is -4.77. The number of carbonyl (C=O) groups excluding carboxylic acids is 3. The van der Waals surface area contributed by atoms with E-state index in [0.29, 0.717) is 19.3 Å². The second-order valence-electron chi connectivity index (χ2n) is 22.6. The number of carbonyl (C=O) groups is 3. The van der Waals surface area contributed by atoms with E-state index >= 15 is 0 Å². The summed E-state index contributed by atoms with van der Waals surface area (Å²) < 4.78 is 39.7. The lowest BCUT2D eigenvalue weighted by Gasteiger charge is -2.21. The summed E-state index contributed by atoms with van der Waals surface area (Å²) in [5.41, 5.74) is 0. The van der Waals surface area contributed by atoms with Crippen molar-refractivity contribution in [3.05, 3.63) is 72.9 Å². The molecule has 476 valence electrons. The summed E-state index contributed by atoms with van der Waals surface area (Å²) in [4.78, 5) is 48.8. The molecule has 0 aliphatic rings. The van der Waals surface area contributed by atoms with Crippen molar-refractivity contribution < 1.29 is 52.2 Å². The predicted octanol–water partition coefficient (Wildman–Crippen LogP) is 20.8. The number of aliphatic hydroxyl groups is 1. The molecule has 0 radical (unpaired) electrons. The van der Waals surface area contributed by atoms with Gasteiger partial charge in [0.15, 0.2) is 6.10 Å². The van der Waals surface area contributed by atoms with E-state index in [2.05, 4.69) is 81.5 Å². The fourth-order valence-electron chi connectivity index (χ4n) is 9.56. The Morgan fingerprint density at radius 2 is 0.634 bits per heavy atom. The number of rotatable bonds is 63. The highest BCUT2D eigenvalue weighted by Crippen LogP contribution is 2.43. The van der Waals surface area contributed by atoms with Gasteiger partial charge in [0.05, 0.1) is 19.8 Å². The maximum atomic E-state index is 13.0. The first-order valence-corrected chi connectivity index (χ1v) is 35.3. The molecule has 0 amide bonds. The van der Waals surface area contributed by atoms with Crippen molar-refractivity contribution in [3.63, 3.8) is 0 Å². The van der Waals surface area contributed by atoms with Crippen LogP contribution in [0, 0.1) is 0 Å². The molecule has 0 aromatic rings. The molecule has 0 saturated heterocycles. The van der Waals surface area contributed by atoms with Gasteiger partial charge in [0.1, 0.15) is 12.7 Å². The molecule has 11 nitrogen and oxygen atoms in total. The molecule has 0 aliphatic heterocycles. The van der Waals surface area contributed by atoms with E-state index in [9.17, 15) is 28.9 Å². The zero-order valence-corrected chi connectivity index (χ0v) is 53.8. The van der Waals surface area contributed by atoms with Crippen LogP contribution >= 0.6 is 7.82 Å². The van der Waals surface area contributed by atoms with Crippen LogP contribution in [0.5, 0.6) is 0 Å². The summed E-state index contributed by atoms with van der Waals surface area (Å²) in [5, 5.41) is 9.87. The number of allylic oxidation sites excluding steroid dienone is 12. The minimum Gasteiger partial charge on any atom is -0.462 e. The summed E-state index contributed by atoms with van der Waals surface area (Å²) in [5.74, 6) is -1.54. The summed E-state index contributed by atoms with van der Waals surface area (Å²) in [6.07, 6.45) is 74.4. The number of unbranched alkanes of at least 4 members (excludes halogenated alkanes) is 34. The second-order valence-corrected chi connectivity index (χ2v) is 24.1. The van der Waals surface area contributed by atoms with E-state index in [0.717, 1.165) is 77.0 Å². The number of aliphatic hydroxyl groups excluding tert-OH is 1. The molecule has 0 fully saturated rings. The van der Waals surface area contributed by atoms with E-state index < -0.39 is 57.8 Å². The Hall–Kier alpha value is -3.08. The van der Waals surface area contributed by atoms with E-state index in [1.165, 1.54) is 180 Å². The molecule has 3 unspecified atom stereocenters. The molecule has 0 saturated carbocycles. The Bertz CT molecular complexity index is 1650. The molecule has 0 spiro atoms. The van der Waals surface area contributed by atoms with Crippen LogP contribution in [0.1, 0.15) is 316 Å². The average Bonchev–Trinajstić information content (AvgIpc) is 3.47. The lowest BCUT2D eigenvalue weighted by Crippen LogP contribution is -2.30. The highest BCUT2D eigenvalue weighted by molar-refractivity contribution is 7.47. The van der Waals surface area contributed by atoms with Crippen molar-refractivity contribution in [3.8, 4) is 0 Å². The topological polar surface area (TPSA) is 155 Å². The molecule has 0 aliphatic carbocycles. The molecule has 3 atom stereocenters. The van der Waals surface area contributed by atoms with Crippen LogP contribution in [0.15, 0.2) is 72.9 Å². The summed E-state index contributed by atoms with van der Waals surface area (Å²) >= 11 is 0. The third-order valence-electron chi connectivity index (χ3n) is 14.7. The highest BCUT2D eigenvalue weighted by atomic mass is 31.2. The standard InChI is InChI=1S/C70H125O11P/c1-4-7-10-13-16-19-22-25-28-31-33-36-38-41-44-47-50-53-56-59-68(72)77-63-67(81-70(74)61-58-55-52-49-46-43-40-37-34-32-29-26-23-20-17-14-11-8-5-2)65-79-82(75,76)78-64-66(62-71)80-69(73)60-57-54-51-48-45-42-39-35-30-27-24-21-18-15-12-9-6-3/h7,10,16,19,25,28,33,36,41,44,50,53,66-67,71H,4-6,8-9,11-15,17-18,20-24,26-27,29-32,34-35,37-40,42-43,45-49,51-52,54-65H2,1-3H3,(H,75,76)/b10-7-,19-16-,28-25-,36-33-,44-41-,53-50-. The number of phosphoric ester groups is 1. The maximum absolute atomic E-state index is 13.0. The molecule has 0 aromatic carbocycles. The third kappa shape index (κ3) is 61.5. The van der Waals surface area contributed by atoms with Gasteiger partial charge in [-0.05, 0) is 57.8 Å². The van der Waals surface area contributed by atoms with Crippen LogP contribution in [-0.4, -0.2) is 66.5 Å². The SMILES string of the molecule is CC/C=C\C/C=C\C/C=C\C/C=C\C/C=C\C/C=C\CCC(=O)OCC(COP(=O)(O)OCC(CO)OC(=O)CCCCCCCCCCCCCCCCCCC)OC(=O)CCCCCCCCCCCCCCCCCCCCC. The molecular formula is C70H125O11P. The van der Waals surface area contributed by atoms with Crippen LogP contribution in [0.25, 0.3) is 0 Å². The smallest absolute Gasteiger partial charge is 0.462 e. The molecular weight excluding hydrogens is 1050 g/mol. The van der Waals surface area contributed by atoms with Gasteiger partial charge in [0.2, 0.25) is 0 Å². The fraction of sp³-hybridized carbons (Fsp3) is 0.786. The number of hydrogen-bond donors (Lipinski definition) is 2. The van der Waals surface area contributed by atoms with Gasteiger partial charge in [-0.3, -0.25) is 23.4 Å². The van der Waals surface area contributed by atoms with Crippen molar-refractivity contribution in [2.24, 2.45) is 0 Å². The lowest BCUT2D eigenvalue weighted by molar-refractivity contribution is -0.161. The number of hydrogen-bond acceptors (Lipinski definition) is 10. The molecule has 0 heterocycles. The van der Waals surface area contributed by atoms with Gasteiger partial charge in [-0.25, -0.2) is 4.57 Å². The van der Waals surface area contributed by atoms with E-state index in [-0.39, 0.29) is 25.9 Å². The summed E-state index contributed by atoms with van der Waals surface area (Å²) in [7, 11) is -4.77. The van der Waals surface area contributed by atoms with Crippen molar-refractivity contribution in [1.82, 2.24) is 0 Å². The quantitative estimate of drug-likeness (QED) is 0.0197. The van der Waals surface area contributed by atoms with Crippen molar-refractivity contribution in [2.45, 2.75) is 328 Å². The van der Waals surface area contributed by atoms with E-state index in [1.807, 2.05) is 12.2 Å². The Labute approximate surface area is 503 Å². The van der Waals surface area contributed by atoms with Gasteiger partial charge in [-0.1, -0.05) is 312 Å². The Balaban J connectivity index is 4.75. The molecule has 82 heavy (non-hydrogen) atoms. The van der Waals surface area contributed by atoms with Crippen LogP contribution in [-0.2, 0) is 42.2 Å². The first-order valence-electron chi connectivity index (χ1n) is 33.8. The Kier molecular flexibility index (Phi) is 61.5. The third-order valence-corrected chi connectivity index (χ3v) is 15.6. The van der Waals surface area contributed by atoms with Crippen molar-refractivity contribution in [1.29, 1.82) is 0 Å². The minimum absolute atomic E-state index is 0.103. The molecule has 2 N–H and O–H groups in total. The van der Waals surface area contributed by atoms with Gasteiger partial charge in [0, 0.05) is 19.3 Å².